The van der Waals surface area contributed by atoms with Gasteiger partial charge in [0.1, 0.15) is 5.75 Å². The highest BCUT2D eigenvalue weighted by atomic mass is 32.2. The summed E-state index contributed by atoms with van der Waals surface area (Å²) in [5, 5.41) is 15.3. The molecule has 0 aromatic heterocycles. The van der Waals surface area contributed by atoms with Gasteiger partial charge in [-0.3, -0.25) is 4.79 Å². The van der Waals surface area contributed by atoms with E-state index in [0.29, 0.717) is 31.2 Å². The Hall–Kier alpha value is -2.40. The van der Waals surface area contributed by atoms with Crippen molar-refractivity contribution < 1.29 is 14.3 Å². The third-order valence-electron chi connectivity index (χ3n) is 5.28. The fourth-order valence-electron chi connectivity index (χ4n) is 3.85. The summed E-state index contributed by atoms with van der Waals surface area (Å²) in [6, 6.07) is 9.93. The fraction of sp³-hybridized carbons (Fsp3) is 0.571. The second-order valence-electron chi connectivity index (χ2n) is 7.25. The lowest BCUT2D eigenvalue weighted by Crippen LogP contribution is -2.36. The Labute approximate surface area is 176 Å². The SMILES string of the molecule is CCOc1ccc(N(CCC#N)C(=O)CCCC[C@@H]2SC[C@@H]3NC(=O)N[C@@H]32)cc1. The first-order valence-corrected chi connectivity index (χ1v) is 11.3. The van der Waals surface area contributed by atoms with Crippen LogP contribution in [-0.2, 0) is 4.79 Å². The smallest absolute Gasteiger partial charge is 0.315 e. The molecule has 0 spiro atoms. The van der Waals surface area contributed by atoms with E-state index in [1.165, 1.54) is 0 Å². The first kappa shape index (κ1) is 21.3. The zero-order valence-corrected chi connectivity index (χ0v) is 17.5. The van der Waals surface area contributed by atoms with E-state index in [0.717, 1.165) is 36.5 Å². The summed E-state index contributed by atoms with van der Waals surface area (Å²) in [4.78, 5) is 26.0. The zero-order chi connectivity index (χ0) is 20.6. The number of urea groups is 1. The number of benzene rings is 1. The lowest BCUT2D eigenvalue weighted by Gasteiger charge is -2.22. The van der Waals surface area contributed by atoms with E-state index in [1.54, 1.807) is 4.90 Å². The molecule has 2 saturated heterocycles. The number of rotatable bonds is 10. The number of anilines is 1. The number of fused-ring (bicyclic) bond motifs is 1. The van der Waals surface area contributed by atoms with Gasteiger partial charge in [-0.05, 0) is 44.0 Å². The second kappa shape index (κ2) is 10.4. The number of carbonyl (C=O) groups is 2. The maximum absolute atomic E-state index is 12.8. The molecule has 2 fully saturated rings. The number of hydrogen-bond acceptors (Lipinski definition) is 5. The van der Waals surface area contributed by atoms with Gasteiger partial charge in [0, 0.05) is 29.7 Å². The van der Waals surface area contributed by atoms with Crippen LogP contribution in [0, 0.1) is 11.3 Å². The number of nitrogens with zero attached hydrogens (tertiary/aromatic N) is 2. The maximum atomic E-state index is 12.8. The topological polar surface area (TPSA) is 94.5 Å². The van der Waals surface area contributed by atoms with Crippen LogP contribution in [0.4, 0.5) is 10.5 Å². The summed E-state index contributed by atoms with van der Waals surface area (Å²) in [5.41, 5.74) is 0.794. The maximum Gasteiger partial charge on any atom is 0.315 e. The average molecular weight is 417 g/mol. The van der Waals surface area contributed by atoms with Gasteiger partial charge in [-0.2, -0.15) is 17.0 Å². The van der Waals surface area contributed by atoms with Crippen LogP contribution in [0.5, 0.6) is 5.75 Å². The number of unbranched alkanes of at least 4 members (excludes halogenated alkanes) is 1. The highest BCUT2D eigenvalue weighted by Gasteiger charge is 2.42. The molecule has 2 heterocycles. The summed E-state index contributed by atoms with van der Waals surface area (Å²) >= 11 is 1.89. The molecule has 2 aliphatic heterocycles. The van der Waals surface area contributed by atoms with Crippen LogP contribution in [0.15, 0.2) is 24.3 Å². The van der Waals surface area contributed by atoms with E-state index in [9.17, 15) is 9.59 Å². The van der Waals surface area contributed by atoms with Crippen LogP contribution in [0.25, 0.3) is 0 Å². The van der Waals surface area contributed by atoms with Crippen molar-refractivity contribution in [1.29, 1.82) is 5.26 Å². The van der Waals surface area contributed by atoms with Gasteiger partial charge in [-0.15, -0.1) is 0 Å². The second-order valence-corrected chi connectivity index (χ2v) is 8.52. The molecule has 3 rings (SSSR count). The number of hydrogen-bond donors (Lipinski definition) is 2. The van der Waals surface area contributed by atoms with Crippen molar-refractivity contribution in [3.05, 3.63) is 24.3 Å². The minimum absolute atomic E-state index is 0.0391. The molecule has 3 atom stereocenters. The molecule has 0 radical (unpaired) electrons. The third kappa shape index (κ3) is 5.57. The molecule has 7 nitrogen and oxygen atoms in total. The Balaban J connectivity index is 1.48. The van der Waals surface area contributed by atoms with E-state index in [4.69, 9.17) is 10.00 Å². The first-order valence-electron chi connectivity index (χ1n) is 10.2. The Morgan fingerprint density at radius 2 is 2.10 bits per heavy atom. The molecule has 0 saturated carbocycles. The molecular weight excluding hydrogens is 388 g/mol. The van der Waals surface area contributed by atoms with Gasteiger partial charge in [-0.1, -0.05) is 6.42 Å². The van der Waals surface area contributed by atoms with Crippen LogP contribution in [0.1, 0.15) is 39.0 Å². The number of carbonyl (C=O) groups excluding carboxylic acids is 2. The molecule has 2 N–H and O–H groups in total. The van der Waals surface area contributed by atoms with Crippen LogP contribution >= 0.6 is 11.8 Å². The molecule has 29 heavy (non-hydrogen) atoms. The Morgan fingerprint density at radius 3 is 2.83 bits per heavy atom. The quantitative estimate of drug-likeness (QED) is 0.452. The molecular formula is C21H28N4O3S. The number of amides is 3. The molecule has 3 amide bonds. The van der Waals surface area contributed by atoms with Crippen molar-refractivity contribution in [2.75, 3.05) is 23.8 Å². The molecule has 0 unspecified atom stereocenters. The number of nitrogens with one attached hydrogen (secondary N) is 2. The number of thioether (sulfide) groups is 1. The summed E-state index contributed by atoms with van der Waals surface area (Å²) in [5.74, 6) is 1.76. The Bertz CT molecular complexity index is 749. The van der Waals surface area contributed by atoms with Gasteiger partial charge < -0.3 is 20.3 Å². The summed E-state index contributed by atoms with van der Waals surface area (Å²) in [6.45, 7) is 2.92. The van der Waals surface area contributed by atoms with E-state index >= 15 is 0 Å². The molecule has 1 aromatic rings. The van der Waals surface area contributed by atoms with Crippen LogP contribution in [0.3, 0.4) is 0 Å². The van der Waals surface area contributed by atoms with Crippen molar-refractivity contribution in [2.24, 2.45) is 0 Å². The third-order valence-corrected chi connectivity index (χ3v) is 6.78. The minimum Gasteiger partial charge on any atom is -0.494 e. The molecule has 0 aliphatic carbocycles. The van der Waals surface area contributed by atoms with Gasteiger partial charge in [-0.25, -0.2) is 4.79 Å². The molecule has 8 heteroatoms. The molecule has 1 aromatic carbocycles. The largest absolute Gasteiger partial charge is 0.494 e. The summed E-state index contributed by atoms with van der Waals surface area (Å²) in [7, 11) is 0. The molecule has 0 bridgehead atoms. The van der Waals surface area contributed by atoms with E-state index in [-0.39, 0.29) is 24.0 Å². The van der Waals surface area contributed by atoms with Crippen molar-refractivity contribution in [2.45, 2.75) is 56.4 Å². The Morgan fingerprint density at radius 1 is 1.31 bits per heavy atom. The zero-order valence-electron chi connectivity index (χ0n) is 16.7. The monoisotopic (exact) mass is 416 g/mol. The average Bonchev–Trinajstić information content (AvgIpc) is 3.26. The van der Waals surface area contributed by atoms with Crippen LogP contribution in [0.2, 0.25) is 0 Å². The summed E-state index contributed by atoms with van der Waals surface area (Å²) in [6.07, 6.45) is 3.48. The predicted octanol–water partition coefficient (Wildman–Crippen LogP) is 3.06. The van der Waals surface area contributed by atoms with E-state index in [2.05, 4.69) is 16.7 Å². The Kier molecular flexibility index (Phi) is 7.64. The number of nitriles is 1. The lowest BCUT2D eigenvalue weighted by molar-refractivity contribution is -0.118. The van der Waals surface area contributed by atoms with E-state index in [1.807, 2.05) is 43.0 Å². The van der Waals surface area contributed by atoms with Crippen LogP contribution < -0.4 is 20.3 Å². The highest BCUT2D eigenvalue weighted by Crippen LogP contribution is 2.33. The predicted molar refractivity (Wildman–Crippen MR) is 114 cm³/mol. The van der Waals surface area contributed by atoms with Crippen molar-refractivity contribution in [3.8, 4) is 11.8 Å². The van der Waals surface area contributed by atoms with Crippen molar-refractivity contribution >= 4 is 29.4 Å². The van der Waals surface area contributed by atoms with Gasteiger partial charge >= 0.3 is 6.03 Å². The van der Waals surface area contributed by atoms with Gasteiger partial charge in [0.25, 0.3) is 0 Å². The summed E-state index contributed by atoms with van der Waals surface area (Å²) < 4.78 is 5.46. The standard InChI is InChI=1S/C21H28N4O3S/c1-2-28-16-10-8-15(9-11-16)25(13-5-12-22)19(26)7-4-3-6-18-20-17(14-29-18)23-21(27)24-20/h8-11,17-18,20H,2-7,13-14H2,1H3,(H2,23,24,27)/t17-,18-,20-/m0/s1. The van der Waals surface area contributed by atoms with Crippen LogP contribution in [-0.4, -0.2) is 48.2 Å². The minimum atomic E-state index is -0.0658. The highest BCUT2D eigenvalue weighted by molar-refractivity contribution is 8.00. The van der Waals surface area contributed by atoms with Gasteiger partial charge in [0.2, 0.25) is 5.91 Å². The molecule has 156 valence electrons. The lowest BCUT2D eigenvalue weighted by atomic mass is 10.0. The fourth-order valence-corrected chi connectivity index (χ4v) is 5.39. The number of ether oxygens (including phenoxy) is 1. The molecule has 2 aliphatic rings. The van der Waals surface area contributed by atoms with Gasteiger partial charge in [0.05, 0.1) is 31.2 Å². The van der Waals surface area contributed by atoms with Crippen molar-refractivity contribution in [3.63, 3.8) is 0 Å². The van der Waals surface area contributed by atoms with Crippen molar-refractivity contribution in [1.82, 2.24) is 10.6 Å². The van der Waals surface area contributed by atoms with E-state index < -0.39 is 0 Å². The van der Waals surface area contributed by atoms with Gasteiger partial charge in [0.15, 0.2) is 0 Å². The normalized spacial score (nSPS) is 22.3. The first-order chi connectivity index (χ1) is 14.1.